The molecule has 2 aliphatic heterocycles. The Hall–Kier alpha value is -1.95. The first kappa shape index (κ1) is 16.9. The molecular formula is C17H20ClNO5. The lowest BCUT2D eigenvalue weighted by Gasteiger charge is -2.23. The van der Waals surface area contributed by atoms with Crippen molar-refractivity contribution in [2.24, 2.45) is 0 Å². The van der Waals surface area contributed by atoms with Gasteiger partial charge in [-0.1, -0.05) is 18.5 Å². The van der Waals surface area contributed by atoms with E-state index in [4.69, 9.17) is 25.8 Å². The van der Waals surface area contributed by atoms with E-state index in [2.05, 4.69) is 0 Å². The van der Waals surface area contributed by atoms with Gasteiger partial charge in [-0.05, 0) is 37.0 Å². The highest BCUT2D eigenvalue weighted by Gasteiger charge is 2.34. The number of hydrogen-bond donors (Lipinski definition) is 0. The number of carbonyl (C=O) groups is 2. The highest BCUT2D eigenvalue weighted by Crippen LogP contribution is 2.40. The molecule has 1 saturated heterocycles. The Morgan fingerprint density at radius 2 is 2.21 bits per heavy atom. The number of esters is 1. The van der Waals surface area contributed by atoms with Gasteiger partial charge in [-0.2, -0.15) is 0 Å². The number of hydrogen-bond acceptors (Lipinski definition) is 5. The van der Waals surface area contributed by atoms with Gasteiger partial charge in [0.25, 0.3) is 0 Å². The van der Waals surface area contributed by atoms with Gasteiger partial charge >= 0.3 is 5.97 Å². The number of benzene rings is 1. The molecule has 0 aromatic heterocycles. The van der Waals surface area contributed by atoms with Crippen molar-refractivity contribution in [1.29, 1.82) is 0 Å². The molecule has 0 saturated carbocycles. The van der Waals surface area contributed by atoms with Gasteiger partial charge in [0.2, 0.25) is 12.7 Å². The van der Waals surface area contributed by atoms with Crippen LogP contribution in [-0.4, -0.2) is 36.2 Å². The van der Waals surface area contributed by atoms with Gasteiger partial charge in [0.15, 0.2) is 11.5 Å². The van der Waals surface area contributed by atoms with Crippen LogP contribution in [0.2, 0.25) is 5.02 Å². The van der Waals surface area contributed by atoms with E-state index in [0.717, 1.165) is 18.4 Å². The first-order valence-corrected chi connectivity index (χ1v) is 8.52. The van der Waals surface area contributed by atoms with E-state index in [1.54, 1.807) is 17.0 Å². The average Bonchev–Trinajstić information content (AvgIpc) is 3.22. The highest BCUT2D eigenvalue weighted by atomic mass is 35.5. The van der Waals surface area contributed by atoms with Gasteiger partial charge in [0.05, 0.1) is 5.02 Å². The maximum Gasteiger partial charge on any atom is 0.329 e. The summed E-state index contributed by atoms with van der Waals surface area (Å²) in [6.07, 6.45) is 2.70. The molecule has 2 heterocycles. The lowest BCUT2D eigenvalue weighted by Crippen LogP contribution is -2.41. The summed E-state index contributed by atoms with van der Waals surface area (Å²) in [4.78, 5) is 26.1. The first-order valence-electron chi connectivity index (χ1n) is 8.14. The number of fused-ring (bicyclic) bond motifs is 1. The third-order valence-electron chi connectivity index (χ3n) is 4.18. The number of nitrogens with zero attached hydrogens (tertiary/aromatic N) is 1. The second-order valence-corrected chi connectivity index (χ2v) is 6.32. The van der Waals surface area contributed by atoms with Gasteiger partial charge < -0.3 is 19.1 Å². The molecule has 7 heteroatoms. The van der Waals surface area contributed by atoms with Crippen molar-refractivity contribution in [2.45, 2.75) is 45.3 Å². The summed E-state index contributed by atoms with van der Waals surface area (Å²) >= 11 is 6.12. The summed E-state index contributed by atoms with van der Waals surface area (Å²) in [5.41, 5.74) is 0.724. The smallest absolute Gasteiger partial charge is 0.329 e. The Labute approximate surface area is 145 Å². The summed E-state index contributed by atoms with van der Waals surface area (Å²) in [5.74, 6) is 0.710. The topological polar surface area (TPSA) is 65.1 Å². The van der Waals surface area contributed by atoms with E-state index in [0.29, 0.717) is 35.9 Å². The standard InChI is InChI=1S/C17H20ClNO5/c1-2-4-15(20)19-6-3-5-13(19)17(21)22-9-11-7-12(18)16-14(8-11)23-10-24-16/h7-8,13H,2-6,9-10H2,1H3/t13-/m1/s1. The predicted octanol–water partition coefficient (Wildman–Crippen LogP) is 2.90. The molecule has 0 aliphatic carbocycles. The van der Waals surface area contributed by atoms with E-state index in [9.17, 15) is 9.59 Å². The van der Waals surface area contributed by atoms with Gasteiger partial charge in [-0.3, -0.25) is 4.79 Å². The van der Waals surface area contributed by atoms with Crippen LogP contribution in [0, 0.1) is 0 Å². The minimum Gasteiger partial charge on any atom is -0.459 e. The Morgan fingerprint density at radius 3 is 3.00 bits per heavy atom. The number of amides is 1. The van der Waals surface area contributed by atoms with E-state index in [1.807, 2.05) is 6.92 Å². The first-order chi connectivity index (χ1) is 11.6. The Balaban J connectivity index is 1.61. The van der Waals surface area contributed by atoms with Crippen LogP contribution in [-0.2, 0) is 20.9 Å². The zero-order chi connectivity index (χ0) is 17.1. The SMILES string of the molecule is CCCC(=O)N1CCC[C@@H]1C(=O)OCc1cc(Cl)c2c(c1)OCO2. The van der Waals surface area contributed by atoms with Crippen molar-refractivity contribution in [3.63, 3.8) is 0 Å². The van der Waals surface area contributed by atoms with E-state index >= 15 is 0 Å². The molecular weight excluding hydrogens is 334 g/mol. The number of ether oxygens (including phenoxy) is 3. The monoisotopic (exact) mass is 353 g/mol. The van der Waals surface area contributed by atoms with Crippen molar-refractivity contribution >= 4 is 23.5 Å². The van der Waals surface area contributed by atoms with Crippen LogP contribution in [0.3, 0.4) is 0 Å². The predicted molar refractivity (Wildman–Crippen MR) is 87.0 cm³/mol. The fourth-order valence-electron chi connectivity index (χ4n) is 3.02. The molecule has 0 radical (unpaired) electrons. The molecule has 0 N–H and O–H groups in total. The molecule has 6 nitrogen and oxygen atoms in total. The molecule has 1 aromatic carbocycles. The fraction of sp³-hybridized carbons (Fsp3) is 0.529. The van der Waals surface area contributed by atoms with Crippen LogP contribution >= 0.6 is 11.6 Å². The zero-order valence-corrected chi connectivity index (χ0v) is 14.3. The van der Waals surface area contributed by atoms with Crippen LogP contribution in [0.25, 0.3) is 0 Å². The van der Waals surface area contributed by atoms with E-state index in [1.165, 1.54) is 0 Å². The molecule has 0 spiro atoms. The summed E-state index contributed by atoms with van der Waals surface area (Å²) in [5, 5.41) is 0.427. The van der Waals surface area contributed by atoms with E-state index in [-0.39, 0.29) is 25.3 Å². The summed E-state index contributed by atoms with van der Waals surface area (Å²) in [6.45, 7) is 2.79. The largest absolute Gasteiger partial charge is 0.459 e. The van der Waals surface area contributed by atoms with Crippen LogP contribution < -0.4 is 9.47 Å². The van der Waals surface area contributed by atoms with Crippen LogP contribution in [0.1, 0.15) is 38.2 Å². The van der Waals surface area contributed by atoms with Crippen molar-refractivity contribution in [3.8, 4) is 11.5 Å². The molecule has 0 unspecified atom stereocenters. The molecule has 3 rings (SSSR count). The van der Waals surface area contributed by atoms with Crippen molar-refractivity contribution in [2.75, 3.05) is 13.3 Å². The third kappa shape index (κ3) is 3.43. The van der Waals surface area contributed by atoms with Gasteiger partial charge in [0, 0.05) is 13.0 Å². The van der Waals surface area contributed by atoms with Gasteiger partial charge in [-0.25, -0.2) is 4.79 Å². The molecule has 1 fully saturated rings. The van der Waals surface area contributed by atoms with Crippen LogP contribution in [0.4, 0.5) is 0 Å². The summed E-state index contributed by atoms with van der Waals surface area (Å²) < 4.78 is 15.9. The van der Waals surface area contributed by atoms with E-state index < -0.39 is 6.04 Å². The molecule has 1 aromatic rings. The Kier molecular flexibility index (Phi) is 5.14. The maximum atomic E-state index is 12.4. The zero-order valence-electron chi connectivity index (χ0n) is 13.5. The third-order valence-corrected chi connectivity index (χ3v) is 4.46. The maximum absolute atomic E-state index is 12.4. The lowest BCUT2D eigenvalue weighted by molar-refractivity contribution is -0.154. The number of likely N-dealkylation sites (tertiary alicyclic amines) is 1. The number of carbonyl (C=O) groups excluding carboxylic acids is 2. The molecule has 24 heavy (non-hydrogen) atoms. The second kappa shape index (κ2) is 7.30. The second-order valence-electron chi connectivity index (χ2n) is 5.91. The quantitative estimate of drug-likeness (QED) is 0.761. The Bertz CT molecular complexity index is 648. The van der Waals surface area contributed by atoms with Crippen molar-refractivity contribution in [1.82, 2.24) is 4.90 Å². The highest BCUT2D eigenvalue weighted by molar-refractivity contribution is 6.32. The molecule has 2 aliphatic rings. The van der Waals surface area contributed by atoms with Crippen molar-refractivity contribution < 1.29 is 23.8 Å². The van der Waals surface area contributed by atoms with Gasteiger partial charge in [0.1, 0.15) is 12.6 Å². The summed E-state index contributed by atoms with van der Waals surface area (Å²) in [7, 11) is 0. The van der Waals surface area contributed by atoms with Crippen LogP contribution in [0.15, 0.2) is 12.1 Å². The minimum atomic E-state index is -0.478. The number of halogens is 1. The fourth-order valence-corrected chi connectivity index (χ4v) is 3.31. The molecule has 1 amide bonds. The Morgan fingerprint density at radius 1 is 1.38 bits per heavy atom. The molecule has 0 bridgehead atoms. The van der Waals surface area contributed by atoms with Crippen LogP contribution in [0.5, 0.6) is 11.5 Å². The van der Waals surface area contributed by atoms with Gasteiger partial charge in [-0.15, -0.1) is 0 Å². The molecule has 1 atom stereocenters. The average molecular weight is 354 g/mol. The minimum absolute atomic E-state index is 0.0167. The van der Waals surface area contributed by atoms with Crippen molar-refractivity contribution in [3.05, 3.63) is 22.7 Å². The normalized spacial score (nSPS) is 18.8. The molecule has 130 valence electrons. The lowest BCUT2D eigenvalue weighted by atomic mass is 10.2. The number of rotatable bonds is 5. The summed E-state index contributed by atoms with van der Waals surface area (Å²) in [6, 6.07) is 2.96.